The molecule has 0 saturated heterocycles. The Morgan fingerprint density at radius 2 is 2.39 bits per heavy atom. The summed E-state index contributed by atoms with van der Waals surface area (Å²) in [4.78, 5) is 22.6. The van der Waals surface area contributed by atoms with Crippen molar-refractivity contribution in [2.24, 2.45) is 5.73 Å². The van der Waals surface area contributed by atoms with E-state index < -0.39 is 0 Å². The van der Waals surface area contributed by atoms with Crippen LogP contribution < -0.4 is 21.1 Å². The second kappa shape index (κ2) is 5.05. The lowest BCUT2D eigenvalue weighted by atomic mass is 10.2. The predicted molar refractivity (Wildman–Crippen MR) is 67.5 cm³/mol. The fourth-order valence-corrected chi connectivity index (χ4v) is 1.66. The lowest BCUT2D eigenvalue weighted by molar-refractivity contribution is -0.119. The van der Waals surface area contributed by atoms with E-state index in [0.717, 1.165) is 0 Å². The Morgan fingerprint density at radius 3 is 3.11 bits per heavy atom. The Balaban J connectivity index is 2.07. The molecule has 2 rings (SSSR count). The van der Waals surface area contributed by atoms with E-state index in [0.29, 0.717) is 17.1 Å². The van der Waals surface area contributed by atoms with Crippen molar-refractivity contribution >= 4 is 23.2 Å². The second-order valence-corrected chi connectivity index (χ2v) is 4.28. The largest absolute Gasteiger partial charge is 0.482 e. The van der Waals surface area contributed by atoms with Crippen LogP contribution in [0, 0.1) is 0 Å². The van der Waals surface area contributed by atoms with Crippen LogP contribution in [0.4, 0.5) is 11.4 Å². The third kappa shape index (κ3) is 2.98. The highest BCUT2D eigenvalue weighted by atomic mass is 16.5. The fraction of sp³-hybridized carbons (Fsp3) is 0.333. The van der Waals surface area contributed by atoms with Crippen LogP contribution in [-0.2, 0) is 9.59 Å². The molecule has 0 radical (unpaired) electrons. The molecule has 6 nitrogen and oxygen atoms in total. The molecule has 1 atom stereocenters. The predicted octanol–water partition coefficient (Wildman–Crippen LogP) is 0.693. The van der Waals surface area contributed by atoms with Crippen molar-refractivity contribution in [2.75, 3.05) is 17.2 Å². The van der Waals surface area contributed by atoms with E-state index in [1.54, 1.807) is 25.1 Å². The summed E-state index contributed by atoms with van der Waals surface area (Å²) in [5.74, 6) is 0.217. The first kappa shape index (κ1) is 12.4. The quantitative estimate of drug-likeness (QED) is 0.734. The van der Waals surface area contributed by atoms with Gasteiger partial charge < -0.3 is 21.1 Å². The highest BCUT2D eigenvalue weighted by Gasteiger charge is 2.16. The second-order valence-electron chi connectivity index (χ2n) is 4.28. The molecule has 0 spiro atoms. The van der Waals surface area contributed by atoms with Gasteiger partial charge in [0.15, 0.2) is 6.61 Å². The molecule has 18 heavy (non-hydrogen) atoms. The monoisotopic (exact) mass is 249 g/mol. The maximum atomic E-state index is 11.5. The number of nitrogens with two attached hydrogens (primary N) is 1. The summed E-state index contributed by atoms with van der Waals surface area (Å²) in [7, 11) is 0. The summed E-state index contributed by atoms with van der Waals surface area (Å²) in [5, 5.41) is 5.40. The van der Waals surface area contributed by atoms with E-state index >= 15 is 0 Å². The maximum absolute atomic E-state index is 11.5. The summed E-state index contributed by atoms with van der Waals surface area (Å²) in [5.41, 5.74) is 6.77. The molecule has 4 N–H and O–H groups in total. The van der Waals surface area contributed by atoms with Gasteiger partial charge in [0, 0.05) is 24.2 Å². The molecule has 0 bridgehead atoms. The van der Waals surface area contributed by atoms with E-state index in [2.05, 4.69) is 10.6 Å². The number of nitrogens with one attached hydrogen (secondary N) is 2. The van der Waals surface area contributed by atoms with Crippen LogP contribution in [-0.4, -0.2) is 24.5 Å². The van der Waals surface area contributed by atoms with Crippen molar-refractivity contribution in [1.82, 2.24) is 0 Å². The van der Waals surface area contributed by atoms with Crippen LogP contribution in [0.2, 0.25) is 0 Å². The summed E-state index contributed by atoms with van der Waals surface area (Å²) < 4.78 is 5.25. The Morgan fingerprint density at radius 1 is 1.61 bits per heavy atom. The molecule has 0 aliphatic carbocycles. The molecule has 1 aliphatic heterocycles. The number of anilines is 2. The minimum atomic E-state index is -0.184. The van der Waals surface area contributed by atoms with E-state index in [-0.39, 0.29) is 30.9 Å². The number of carbonyl (C=O) groups is 2. The molecule has 2 amide bonds. The molecular formula is C12H15N3O3. The zero-order chi connectivity index (χ0) is 13.1. The number of hydrogen-bond donors (Lipinski definition) is 3. The maximum Gasteiger partial charge on any atom is 0.262 e. The van der Waals surface area contributed by atoms with Crippen molar-refractivity contribution < 1.29 is 14.3 Å². The highest BCUT2D eigenvalue weighted by Crippen LogP contribution is 2.30. The van der Waals surface area contributed by atoms with Gasteiger partial charge in [0.2, 0.25) is 5.91 Å². The Kier molecular flexibility index (Phi) is 3.47. The van der Waals surface area contributed by atoms with Gasteiger partial charge in [0.1, 0.15) is 5.75 Å². The van der Waals surface area contributed by atoms with Crippen LogP contribution in [0.3, 0.4) is 0 Å². The number of benzene rings is 1. The van der Waals surface area contributed by atoms with Gasteiger partial charge in [-0.25, -0.2) is 0 Å². The van der Waals surface area contributed by atoms with Gasteiger partial charge in [-0.1, -0.05) is 0 Å². The van der Waals surface area contributed by atoms with E-state index in [4.69, 9.17) is 10.5 Å². The first-order valence-electron chi connectivity index (χ1n) is 5.67. The molecule has 1 aromatic carbocycles. The van der Waals surface area contributed by atoms with Gasteiger partial charge in [0.25, 0.3) is 5.91 Å². The van der Waals surface area contributed by atoms with Crippen molar-refractivity contribution in [3.63, 3.8) is 0 Å². The standard InChI is InChI=1S/C12H15N3O3/c1-7(13)4-11(16)14-8-2-3-9-10(5-8)18-6-12(17)15-9/h2-3,5,7H,4,6,13H2,1H3,(H,14,16)(H,15,17). The van der Waals surface area contributed by atoms with E-state index in [1.165, 1.54) is 0 Å². The highest BCUT2D eigenvalue weighted by molar-refractivity contribution is 5.97. The molecule has 1 aliphatic rings. The van der Waals surface area contributed by atoms with Gasteiger partial charge >= 0.3 is 0 Å². The molecule has 1 aromatic rings. The first-order chi connectivity index (χ1) is 8.54. The summed E-state index contributed by atoms with van der Waals surface area (Å²) in [6.07, 6.45) is 0.259. The first-order valence-corrected chi connectivity index (χ1v) is 5.67. The van der Waals surface area contributed by atoms with Crippen molar-refractivity contribution in [2.45, 2.75) is 19.4 Å². The van der Waals surface area contributed by atoms with Crippen LogP contribution in [0.25, 0.3) is 0 Å². The van der Waals surface area contributed by atoms with Gasteiger partial charge in [-0.2, -0.15) is 0 Å². The summed E-state index contributed by atoms with van der Waals surface area (Å²) in [6.45, 7) is 1.76. The molecular weight excluding hydrogens is 234 g/mol. The Bertz CT molecular complexity index is 485. The average molecular weight is 249 g/mol. The molecule has 0 fully saturated rings. The molecule has 96 valence electrons. The number of ether oxygens (including phenoxy) is 1. The Hall–Kier alpha value is -2.08. The SMILES string of the molecule is CC(N)CC(=O)Nc1ccc2c(c1)OCC(=O)N2. The normalized spacial score (nSPS) is 15.1. The van der Waals surface area contributed by atoms with Crippen LogP contribution in [0.5, 0.6) is 5.75 Å². The van der Waals surface area contributed by atoms with Crippen molar-refractivity contribution in [3.05, 3.63) is 18.2 Å². The number of fused-ring (bicyclic) bond motifs is 1. The molecule has 0 saturated carbocycles. The van der Waals surface area contributed by atoms with Crippen molar-refractivity contribution in [1.29, 1.82) is 0 Å². The number of carbonyl (C=O) groups excluding carboxylic acids is 2. The zero-order valence-electron chi connectivity index (χ0n) is 10.0. The third-order valence-corrected chi connectivity index (χ3v) is 2.41. The van der Waals surface area contributed by atoms with Crippen LogP contribution >= 0.6 is 0 Å². The van der Waals surface area contributed by atoms with Crippen LogP contribution in [0.1, 0.15) is 13.3 Å². The van der Waals surface area contributed by atoms with E-state index in [9.17, 15) is 9.59 Å². The number of rotatable bonds is 3. The van der Waals surface area contributed by atoms with Gasteiger partial charge in [-0.05, 0) is 19.1 Å². The lowest BCUT2D eigenvalue weighted by Gasteiger charge is -2.18. The van der Waals surface area contributed by atoms with Gasteiger partial charge in [0.05, 0.1) is 5.69 Å². The zero-order valence-corrected chi connectivity index (χ0v) is 10.0. The van der Waals surface area contributed by atoms with Gasteiger partial charge in [-0.3, -0.25) is 9.59 Å². The van der Waals surface area contributed by atoms with E-state index in [1.807, 2.05) is 0 Å². The minimum Gasteiger partial charge on any atom is -0.482 e. The summed E-state index contributed by atoms with van der Waals surface area (Å²) in [6, 6.07) is 4.88. The van der Waals surface area contributed by atoms with Crippen molar-refractivity contribution in [3.8, 4) is 5.75 Å². The number of hydrogen-bond acceptors (Lipinski definition) is 4. The van der Waals surface area contributed by atoms with Gasteiger partial charge in [-0.15, -0.1) is 0 Å². The topological polar surface area (TPSA) is 93.5 Å². The third-order valence-electron chi connectivity index (χ3n) is 2.41. The Labute approximate surface area is 104 Å². The molecule has 1 unspecified atom stereocenters. The molecule has 1 heterocycles. The number of amides is 2. The fourth-order valence-electron chi connectivity index (χ4n) is 1.66. The summed E-state index contributed by atoms with van der Waals surface area (Å²) >= 11 is 0. The lowest BCUT2D eigenvalue weighted by Crippen LogP contribution is -2.26. The molecule has 0 aromatic heterocycles. The van der Waals surface area contributed by atoms with Crippen LogP contribution in [0.15, 0.2) is 18.2 Å². The minimum absolute atomic E-state index is 0.00969. The smallest absolute Gasteiger partial charge is 0.262 e. The average Bonchev–Trinajstić information content (AvgIpc) is 2.28. The molecule has 6 heteroatoms.